The summed E-state index contributed by atoms with van der Waals surface area (Å²) in [6.45, 7) is 9.63. The van der Waals surface area contributed by atoms with E-state index in [2.05, 4.69) is 39.7 Å². The minimum Gasteiger partial charge on any atom is -0.352 e. The van der Waals surface area contributed by atoms with Crippen LogP contribution in [0.25, 0.3) is 0 Å². The molecule has 0 aliphatic heterocycles. The molecular formula is C16H27N7. The van der Waals surface area contributed by atoms with Crippen molar-refractivity contribution < 1.29 is 0 Å². The molecular weight excluding hydrogens is 290 g/mol. The molecule has 2 rings (SSSR count). The monoisotopic (exact) mass is 317 g/mol. The standard InChI is InChI=1S/C16H27N7/c1-10-14(12(3)22(6)20-10)8-18-16(17-5)19-9-15-11(2)21-23(7)13(15)4/h8-9H2,1-7H3,(H2,17,18,19). The van der Waals surface area contributed by atoms with Gasteiger partial charge in [0.25, 0.3) is 0 Å². The maximum atomic E-state index is 4.44. The van der Waals surface area contributed by atoms with Gasteiger partial charge < -0.3 is 10.6 Å². The number of aromatic nitrogens is 4. The van der Waals surface area contributed by atoms with Crippen LogP contribution in [0.5, 0.6) is 0 Å². The Kier molecular flexibility index (Phi) is 5.08. The van der Waals surface area contributed by atoms with Crippen LogP contribution in [0, 0.1) is 27.7 Å². The predicted octanol–water partition coefficient (Wildman–Crippen LogP) is 1.25. The maximum Gasteiger partial charge on any atom is 0.191 e. The molecule has 126 valence electrons. The van der Waals surface area contributed by atoms with Crippen LogP contribution in [0.1, 0.15) is 33.9 Å². The lowest BCUT2D eigenvalue weighted by atomic mass is 10.2. The lowest BCUT2D eigenvalue weighted by molar-refractivity contribution is 0.727. The summed E-state index contributed by atoms with van der Waals surface area (Å²) >= 11 is 0. The molecule has 0 spiro atoms. The number of nitrogens with zero attached hydrogens (tertiary/aromatic N) is 5. The first kappa shape index (κ1) is 17.1. The van der Waals surface area contributed by atoms with Crippen molar-refractivity contribution in [2.45, 2.75) is 40.8 Å². The van der Waals surface area contributed by atoms with Gasteiger partial charge in [-0.15, -0.1) is 0 Å². The number of aryl methyl sites for hydroxylation is 4. The third-order valence-corrected chi connectivity index (χ3v) is 4.41. The van der Waals surface area contributed by atoms with Crippen molar-refractivity contribution in [2.24, 2.45) is 19.1 Å². The Morgan fingerprint density at radius 2 is 1.26 bits per heavy atom. The summed E-state index contributed by atoms with van der Waals surface area (Å²) in [5.41, 5.74) is 6.86. The van der Waals surface area contributed by atoms with Crippen molar-refractivity contribution >= 4 is 5.96 Å². The summed E-state index contributed by atoms with van der Waals surface area (Å²) in [5.74, 6) is 0.773. The van der Waals surface area contributed by atoms with Crippen LogP contribution >= 0.6 is 0 Å². The van der Waals surface area contributed by atoms with E-state index in [0.29, 0.717) is 13.1 Å². The van der Waals surface area contributed by atoms with Gasteiger partial charge in [0.2, 0.25) is 0 Å². The first-order valence-corrected chi connectivity index (χ1v) is 7.77. The highest BCUT2D eigenvalue weighted by Crippen LogP contribution is 2.12. The van der Waals surface area contributed by atoms with Gasteiger partial charge in [0.15, 0.2) is 5.96 Å². The van der Waals surface area contributed by atoms with Gasteiger partial charge in [0.05, 0.1) is 11.4 Å². The van der Waals surface area contributed by atoms with E-state index >= 15 is 0 Å². The lowest BCUT2D eigenvalue weighted by Gasteiger charge is -2.12. The second-order valence-corrected chi connectivity index (χ2v) is 5.83. The highest BCUT2D eigenvalue weighted by atomic mass is 15.3. The van der Waals surface area contributed by atoms with Crippen LogP contribution in [-0.4, -0.2) is 32.6 Å². The Morgan fingerprint density at radius 1 is 0.870 bits per heavy atom. The first-order valence-electron chi connectivity index (χ1n) is 7.77. The van der Waals surface area contributed by atoms with Crippen LogP contribution in [0.4, 0.5) is 0 Å². The average Bonchev–Trinajstić information content (AvgIpc) is 2.89. The van der Waals surface area contributed by atoms with Gasteiger partial charge in [-0.2, -0.15) is 10.2 Å². The third kappa shape index (κ3) is 3.55. The predicted molar refractivity (Wildman–Crippen MR) is 92.4 cm³/mol. The van der Waals surface area contributed by atoms with Crippen molar-refractivity contribution in [3.8, 4) is 0 Å². The molecule has 0 aliphatic rings. The minimum atomic E-state index is 0.705. The van der Waals surface area contributed by atoms with Gasteiger partial charge in [-0.05, 0) is 27.7 Å². The molecule has 0 unspecified atom stereocenters. The second-order valence-electron chi connectivity index (χ2n) is 5.83. The Hall–Kier alpha value is -2.31. The molecule has 0 aliphatic carbocycles. The third-order valence-electron chi connectivity index (χ3n) is 4.41. The molecule has 0 aromatic carbocycles. The highest BCUT2D eigenvalue weighted by Gasteiger charge is 2.12. The number of hydrogen-bond acceptors (Lipinski definition) is 3. The van der Waals surface area contributed by atoms with E-state index in [9.17, 15) is 0 Å². The molecule has 23 heavy (non-hydrogen) atoms. The van der Waals surface area contributed by atoms with Crippen LogP contribution in [-0.2, 0) is 27.2 Å². The Morgan fingerprint density at radius 3 is 1.52 bits per heavy atom. The van der Waals surface area contributed by atoms with Crippen molar-refractivity contribution in [3.63, 3.8) is 0 Å². The number of guanidine groups is 1. The molecule has 7 nitrogen and oxygen atoms in total. The van der Waals surface area contributed by atoms with Crippen LogP contribution in [0.3, 0.4) is 0 Å². The molecule has 0 saturated carbocycles. The Balaban J connectivity index is 1.99. The van der Waals surface area contributed by atoms with E-state index < -0.39 is 0 Å². The van der Waals surface area contributed by atoms with Gasteiger partial charge in [0.1, 0.15) is 0 Å². The number of nitrogens with one attached hydrogen (secondary N) is 2. The van der Waals surface area contributed by atoms with Crippen molar-refractivity contribution in [1.29, 1.82) is 0 Å². The van der Waals surface area contributed by atoms with Gasteiger partial charge in [0, 0.05) is 56.7 Å². The number of hydrogen-bond donors (Lipinski definition) is 2. The average molecular weight is 317 g/mol. The molecule has 7 heteroatoms. The largest absolute Gasteiger partial charge is 0.352 e. The minimum absolute atomic E-state index is 0.705. The maximum absolute atomic E-state index is 4.44. The van der Waals surface area contributed by atoms with Gasteiger partial charge in [-0.3, -0.25) is 14.4 Å². The van der Waals surface area contributed by atoms with E-state index in [1.165, 1.54) is 22.5 Å². The lowest BCUT2D eigenvalue weighted by Crippen LogP contribution is -2.36. The van der Waals surface area contributed by atoms with E-state index in [1.807, 2.05) is 37.3 Å². The molecule has 2 heterocycles. The van der Waals surface area contributed by atoms with Crippen molar-refractivity contribution in [3.05, 3.63) is 33.9 Å². The summed E-state index contributed by atoms with van der Waals surface area (Å²) in [4.78, 5) is 4.29. The normalized spacial score (nSPS) is 10.7. The fourth-order valence-electron chi connectivity index (χ4n) is 2.71. The molecule has 0 fully saturated rings. The molecule has 0 atom stereocenters. The first-order chi connectivity index (χ1) is 10.8. The molecule has 0 radical (unpaired) electrons. The second kappa shape index (κ2) is 6.85. The van der Waals surface area contributed by atoms with E-state index in [-0.39, 0.29) is 0 Å². The summed E-state index contributed by atoms with van der Waals surface area (Å²) in [7, 11) is 5.71. The van der Waals surface area contributed by atoms with E-state index in [1.54, 1.807) is 7.05 Å². The zero-order valence-corrected chi connectivity index (χ0v) is 15.2. The SMILES string of the molecule is CN=C(NCc1c(C)nn(C)c1C)NCc1c(C)nn(C)c1C. The van der Waals surface area contributed by atoms with E-state index in [4.69, 9.17) is 0 Å². The van der Waals surface area contributed by atoms with Crippen molar-refractivity contribution in [1.82, 2.24) is 30.2 Å². The molecule has 0 saturated heterocycles. The zero-order valence-electron chi connectivity index (χ0n) is 15.2. The fourth-order valence-corrected chi connectivity index (χ4v) is 2.71. The molecule has 0 bridgehead atoms. The Labute approximate surface area is 137 Å². The zero-order chi connectivity index (χ0) is 17.1. The number of aliphatic imine (C=N–C) groups is 1. The molecule has 2 aromatic heterocycles. The van der Waals surface area contributed by atoms with Gasteiger partial charge in [-0.25, -0.2) is 0 Å². The van der Waals surface area contributed by atoms with Crippen LogP contribution in [0.2, 0.25) is 0 Å². The molecule has 2 N–H and O–H groups in total. The number of rotatable bonds is 4. The summed E-state index contributed by atoms with van der Waals surface area (Å²) < 4.78 is 3.82. The highest BCUT2D eigenvalue weighted by molar-refractivity contribution is 5.79. The van der Waals surface area contributed by atoms with Crippen LogP contribution < -0.4 is 10.6 Å². The molecule has 2 aromatic rings. The van der Waals surface area contributed by atoms with Gasteiger partial charge in [-0.1, -0.05) is 0 Å². The topological polar surface area (TPSA) is 72.1 Å². The smallest absolute Gasteiger partial charge is 0.191 e. The molecule has 0 amide bonds. The Bertz CT molecular complexity index is 663. The quantitative estimate of drug-likeness (QED) is 0.658. The van der Waals surface area contributed by atoms with Crippen LogP contribution in [0.15, 0.2) is 4.99 Å². The summed E-state index contributed by atoms with van der Waals surface area (Å²) in [5, 5.41) is 15.6. The summed E-state index contributed by atoms with van der Waals surface area (Å²) in [6.07, 6.45) is 0. The van der Waals surface area contributed by atoms with E-state index in [0.717, 1.165) is 17.3 Å². The van der Waals surface area contributed by atoms with Gasteiger partial charge >= 0.3 is 0 Å². The van der Waals surface area contributed by atoms with Crippen molar-refractivity contribution in [2.75, 3.05) is 7.05 Å². The summed E-state index contributed by atoms with van der Waals surface area (Å²) in [6, 6.07) is 0. The fraction of sp³-hybridized carbons (Fsp3) is 0.562.